The second kappa shape index (κ2) is 8.57. The molecule has 4 aromatic rings. The zero-order chi connectivity index (χ0) is 23.1. The molecule has 1 saturated carbocycles. The molecular weight excluding hydrogens is 430 g/mol. The molecule has 1 aromatic carbocycles. The summed E-state index contributed by atoms with van der Waals surface area (Å²) in [7, 11) is 1.64. The molecule has 6 rings (SSSR count). The first-order chi connectivity index (χ1) is 16.7. The third kappa shape index (κ3) is 3.92. The van der Waals surface area contributed by atoms with Gasteiger partial charge in [-0.15, -0.1) is 0 Å². The van der Waals surface area contributed by atoms with Gasteiger partial charge in [-0.3, -0.25) is 4.79 Å². The number of rotatable bonds is 6. The molecule has 9 heteroatoms. The molecule has 174 valence electrons. The third-order valence-electron chi connectivity index (χ3n) is 6.71. The van der Waals surface area contributed by atoms with Gasteiger partial charge in [0.2, 0.25) is 0 Å². The highest BCUT2D eigenvalue weighted by molar-refractivity contribution is 6.07. The SMILES string of the molecule is COc1ccc(-n2nc(C3CCNCC3)cc2NC(=O)c2cnn3cc(C4CC4)cnc23)cc1. The summed E-state index contributed by atoms with van der Waals surface area (Å²) >= 11 is 0. The number of fused-ring (bicyclic) bond motifs is 1. The van der Waals surface area contributed by atoms with Crippen LogP contribution in [0, 0.1) is 0 Å². The molecule has 0 radical (unpaired) electrons. The zero-order valence-electron chi connectivity index (χ0n) is 19.1. The molecule has 1 aliphatic heterocycles. The predicted octanol–water partition coefficient (Wildman–Crippen LogP) is 3.52. The first-order valence-corrected chi connectivity index (χ1v) is 11.8. The number of hydrogen-bond acceptors (Lipinski definition) is 6. The van der Waals surface area contributed by atoms with Crippen molar-refractivity contribution in [1.82, 2.24) is 29.7 Å². The van der Waals surface area contributed by atoms with Crippen LogP contribution in [0.25, 0.3) is 11.3 Å². The number of methoxy groups -OCH3 is 1. The minimum Gasteiger partial charge on any atom is -0.497 e. The van der Waals surface area contributed by atoms with Gasteiger partial charge in [-0.2, -0.15) is 10.2 Å². The van der Waals surface area contributed by atoms with Gasteiger partial charge in [0.15, 0.2) is 5.65 Å². The fraction of sp³-hybridized carbons (Fsp3) is 0.360. The van der Waals surface area contributed by atoms with E-state index in [4.69, 9.17) is 9.84 Å². The van der Waals surface area contributed by atoms with E-state index in [1.807, 2.05) is 42.7 Å². The number of carbonyl (C=O) groups excluding carboxylic acids is 1. The second-order valence-electron chi connectivity index (χ2n) is 9.03. The molecule has 2 fully saturated rings. The van der Waals surface area contributed by atoms with Crippen LogP contribution in [0.1, 0.15) is 59.1 Å². The molecule has 1 aliphatic carbocycles. The van der Waals surface area contributed by atoms with Crippen molar-refractivity contribution >= 4 is 17.4 Å². The number of aromatic nitrogens is 5. The number of nitrogens with one attached hydrogen (secondary N) is 2. The smallest absolute Gasteiger partial charge is 0.262 e. The lowest BCUT2D eigenvalue weighted by atomic mass is 9.95. The molecule has 0 bridgehead atoms. The summed E-state index contributed by atoms with van der Waals surface area (Å²) < 4.78 is 8.78. The number of amides is 1. The van der Waals surface area contributed by atoms with Crippen molar-refractivity contribution in [2.45, 2.75) is 37.5 Å². The molecule has 2 N–H and O–H groups in total. The molecule has 1 amide bonds. The minimum atomic E-state index is -0.256. The molecule has 4 heterocycles. The van der Waals surface area contributed by atoms with Crippen molar-refractivity contribution in [1.29, 1.82) is 0 Å². The van der Waals surface area contributed by atoms with Crippen LogP contribution in [0.2, 0.25) is 0 Å². The van der Waals surface area contributed by atoms with E-state index in [-0.39, 0.29) is 5.91 Å². The van der Waals surface area contributed by atoms with Crippen LogP contribution in [0.5, 0.6) is 5.75 Å². The molecule has 9 nitrogen and oxygen atoms in total. The number of hydrogen-bond donors (Lipinski definition) is 2. The largest absolute Gasteiger partial charge is 0.497 e. The van der Waals surface area contributed by atoms with Gasteiger partial charge in [0, 0.05) is 24.4 Å². The van der Waals surface area contributed by atoms with Crippen LogP contribution in [0.3, 0.4) is 0 Å². The van der Waals surface area contributed by atoms with Gasteiger partial charge >= 0.3 is 0 Å². The fourth-order valence-corrected chi connectivity index (χ4v) is 4.59. The van der Waals surface area contributed by atoms with Gasteiger partial charge in [-0.05, 0) is 74.5 Å². The first kappa shape index (κ1) is 20.9. The summed E-state index contributed by atoms with van der Waals surface area (Å²) in [6, 6.07) is 9.63. The number of ether oxygens (including phenoxy) is 1. The Morgan fingerprint density at radius 1 is 1.09 bits per heavy atom. The molecular formula is C25H27N7O2. The normalized spacial score (nSPS) is 16.6. The zero-order valence-corrected chi connectivity index (χ0v) is 19.1. The van der Waals surface area contributed by atoms with E-state index in [9.17, 15) is 4.79 Å². The Morgan fingerprint density at radius 3 is 2.62 bits per heavy atom. The third-order valence-corrected chi connectivity index (χ3v) is 6.71. The second-order valence-corrected chi connectivity index (χ2v) is 9.03. The van der Waals surface area contributed by atoms with Gasteiger partial charge < -0.3 is 15.4 Å². The Morgan fingerprint density at radius 2 is 1.88 bits per heavy atom. The molecule has 34 heavy (non-hydrogen) atoms. The molecule has 1 saturated heterocycles. The van der Waals surface area contributed by atoms with Gasteiger partial charge in [0.25, 0.3) is 5.91 Å². The first-order valence-electron chi connectivity index (χ1n) is 11.8. The molecule has 3 aromatic heterocycles. The highest BCUT2D eigenvalue weighted by Gasteiger charge is 2.26. The number of piperidine rings is 1. The van der Waals surface area contributed by atoms with E-state index < -0.39 is 0 Å². The van der Waals surface area contributed by atoms with Crippen LogP contribution in [-0.4, -0.2) is 50.5 Å². The van der Waals surface area contributed by atoms with Crippen molar-refractivity contribution in [2.75, 3.05) is 25.5 Å². The summed E-state index contributed by atoms with van der Waals surface area (Å²) in [5.41, 5.74) is 4.00. The van der Waals surface area contributed by atoms with Crippen LogP contribution in [0.4, 0.5) is 5.82 Å². The van der Waals surface area contributed by atoms with Crippen LogP contribution in [-0.2, 0) is 0 Å². The Hall–Kier alpha value is -3.72. The average molecular weight is 458 g/mol. The van der Waals surface area contributed by atoms with Gasteiger partial charge in [-0.25, -0.2) is 14.2 Å². The summed E-state index contributed by atoms with van der Waals surface area (Å²) in [6.45, 7) is 1.94. The van der Waals surface area contributed by atoms with E-state index in [0.717, 1.165) is 43.1 Å². The molecule has 0 atom stereocenters. The van der Waals surface area contributed by atoms with Gasteiger partial charge in [-0.1, -0.05) is 0 Å². The van der Waals surface area contributed by atoms with Crippen molar-refractivity contribution in [3.8, 4) is 11.4 Å². The fourth-order valence-electron chi connectivity index (χ4n) is 4.59. The van der Waals surface area contributed by atoms with Crippen LogP contribution in [0.15, 0.2) is 48.9 Å². The molecule has 2 aliphatic rings. The monoisotopic (exact) mass is 457 g/mol. The lowest BCUT2D eigenvalue weighted by Crippen LogP contribution is -2.26. The van der Waals surface area contributed by atoms with E-state index in [2.05, 4.69) is 20.7 Å². The van der Waals surface area contributed by atoms with Crippen molar-refractivity contribution < 1.29 is 9.53 Å². The van der Waals surface area contributed by atoms with Crippen molar-refractivity contribution in [2.24, 2.45) is 0 Å². The molecule has 0 unspecified atom stereocenters. The number of nitrogens with zero attached hydrogens (tertiary/aromatic N) is 5. The summed E-state index contributed by atoms with van der Waals surface area (Å²) in [5.74, 6) is 2.07. The standard InChI is InChI=1S/C25H27N7O2/c1-34-20-6-4-19(5-7-20)32-23(12-22(30-32)17-8-10-26-11-9-17)29-25(33)21-14-28-31-15-18(16-2-3-16)13-27-24(21)31/h4-7,12-17,26H,2-3,8-11H2,1H3,(H,29,33). The van der Waals surface area contributed by atoms with Crippen molar-refractivity contribution in [3.05, 3.63) is 65.7 Å². The Bertz CT molecular complexity index is 1330. The quantitative estimate of drug-likeness (QED) is 0.460. The summed E-state index contributed by atoms with van der Waals surface area (Å²) in [6.07, 6.45) is 9.85. The predicted molar refractivity (Wildman–Crippen MR) is 128 cm³/mol. The van der Waals surface area contributed by atoms with Crippen LogP contribution >= 0.6 is 0 Å². The highest BCUT2D eigenvalue weighted by Crippen LogP contribution is 2.39. The highest BCUT2D eigenvalue weighted by atomic mass is 16.5. The minimum absolute atomic E-state index is 0.256. The molecule has 0 spiro atoms. The van der Waals surface area contributed by atoms with Gasteiger partial charge in [0.05, 0.1) is 24.7 Å². The topological polar surface area (TPSA) is 98.4 Å². The van der Waals surface area contributed by atoms with E-state index >= 15 is 0 Å². The van der Waals surface area contributed by atoms with E-state index in [1.54, 1.807) is 22.5 Å². The summed E-state index contributed by atoms with van der Waals surface area (Å²) in [5, 5.41) is 15.7. The Kier molecular flexibility index (Phi) is 5.26. The number of anilines is 1. The Labute approximate surface area is 197 Å². The number of benzene rings is 1. The average Bonchev–Trinajstić information content (AvgIpc) is 3.52. The van der Waals surface area contributed by atoms with Gasteiger partial charge in [0.1, 0.15) is 17.1 Å². The lowest BCUT2D eigenvalue weighted by molar-refractivity contribution is 0.102. The Balaban J connectivity index is 1.33. The summed E-state index contributed by atoms with van der Waals surface area (Å²) in [4.78, 5) is 17.9. The maximum Gasteiger partial charge on any atom is 0.262 e. The van der Waals surface area contributed by atoms with E-state index in [1.165, 1.54) is 18.4 Å². The maximum atomic E-state index is 13.3. The lowest BCUT2D eigenvalue weighted by Gasteiger charge is -2.20. The van der Waals surface area contributed by atoms with Crippen molar-refractivity contribution in [3.63, 3.8) is 0 Å². The van der Waals surface area contributed by atoms with E-state index in [0.29, 0.717) is 28.9 Å². The number of carbonyl (C=O) groups is 1. The maximum absolute atomic E-state index is 13.3. The van der Waals surface area contributed by atoms with Crippen LogP contribution < -0.4 is 15.4 Å².